The van der Waals surface area contributed by atoms with E-state index in [1.165, 1.54) is 35.2 Å². The molecule has 3 aromatic rings. The van der Waals surface area contributed by atoms with Gasteiger partial charge in [-0.05, 0) is 75.7 Å². The second-order valence-electron chi connectivity index (χ2n) is 10.2. The Morgan fingerprint density at radius 1 is 0.950 bits per heavy atom. The summed E-state index contributed by atoms with van der Waals surface area (Å²) in [4.78, 5) is 28.5. The molecule has 2 amide bonds. The zero-order valence-corrected chi connectivity index (χ0v) is 25.3. The van der Waals surface area contributed by atoms with Gasteiger partial charge in [0.15, 0.2) is 0 Å². The maximum absolute atomic E-state index is 14.0. The highest BCUT2D eigenvalue weighted by molar-refractivity contribution is 7.92. The number of carbonyl (C=O) groups is 2. The molecule has 8 nitrogen and oxygen atoms in total. The first-order chi connectivity index (χ1) is 18.7. The van der Waals surface area contributed by atoms with Crippen molar-refractivity contribution in [1.82, 2.24) is 10.2 Å². The maximum Gasteiger partial charge on any atom is 0.264 e. The third-order valence-electron chi connectivity index (χ3n) is 5.92. The molecule has 0 aliphatic rings. The fourth-order valence-corrected chi connectivity index (χ4v) is 5.85. The Morgan fingerprint density at radius 2 is 1.52 bits per heavy atom. The number of halogens is 2. The van der Waals surface area contributed by atoms with Gasteiger partial charge in [-0.25, -0.2) is 8.42 Å². The second kappa shape index (κ2) is 12.9. The van der Waals surface area contributed by atoms with E-state index in [0.717, 1.165) is 9.87 Å². The predicted octanol–water partition coefficient (Wildman–Crippen LogP) is 5.53. The summed E-state index contributed by atoms with van der Waals surface area (Å²) in [5.41, 5.74) is 0.305. The molecule has 0 spiro atoms. The number of nitrogens with zero attached hydrogens (tertiary/aromatic N) is 2. The molecule has 0 aliphatic heterocycles. The number of rotatable bonds is 10. The van der Waals surface area contributed by atoms with Crippen LogP contribution in [0.3, 0.4) is 0 Å². The fraction of sp³-hybridized carbons (Fsp3) is 0.310. The van der Waals surface area contributed by atoms with Crippen LogP contribution in [-0.2, 0) is 26.2 Å². The van der Waals surface area contributed by atoms with Gasteiger partial charge in [0.1, 0.15) is 18.3 Å². The molecule has 0 heterocycles. The summed E-state index contributed by atoms with van der Waals surface area (Å²) in [7, 11) is -2.67. The lowest BCUT2D eigenvalue weighted by atomic mass is 10.1. The molecule has 0 aliphatic carbocycles. The van der Waals surface area contributed by atoms with Gasteiger partial charge >= 0.3 is 0 Å². The lowest BCUT2D eigenvalue weighted by molar-refractivity contribution is -0.140. The summed E-state index contributed by atoms with van der Waals surface area (Å²) >= 11 is 12.4. The van der Waals surface area contributed by atoms with Crippen LogP contribution in [0.2, 0.25) is 10.0 Å². The topological polar surface area (TPSA) is 96.0 Å². The summed E-state index contributed by atoms with van der Waals surface area (Å²) in [5.74, 6) is -0.335. The van der Waals surface area contributed by atoms with Gasteiger partial charge in [-0.2, -0.15) is 0 Å². The average Bonchev–Trinajstić information content (AvgIpc) is 2.89. The van der Waals surface area contributed by atoms with Crippen LogP contribution in [0, 0.1) is 0 Å². The Balaban J connectivity index is 2.05. The van der Waals surface area contributed by atoms with Crippen LogP contribution in [0.4, 0.5) is 5.69 Å². The highest BCUT2D eigenvalue weighted by Gasteiger charge is 2.33. The van der Waals surface area contributed by atoms with Crippen molar-refractivity contribution in [3.8, 4) is 5.75 Å². The Bertz CT molecular complexity index is 1420. The Labute approximate surface area is 245 Å². The normalized spacial score (nSPS) is 12.4. The minimum Gasteiger partial charge on any atom is -0.497 e. The van der Waals surface area contributed by atoms with Crippen LogP contribution in [0.25, 0.3) is 0 Å². The van der Waals surface area contributed by atoms with Gasteiger partial charge in [0.05, 0.1) is 17.7 Å². The molecule has 0 fully saturated rings. The lowest BCUT2D eigenvalue weighted by Crippen LogP contribution is -2.54. The molecule has 11 heteroatoms. The van der Waals surface area contributed by atoms with Gasteiger partial charge < -0.3 is 15.0 Å². The van der Waals surface area contributed by atoms with E-state index in [-0.39, 0.29) is 33.1 Å². The standard InChI is InChI=1S/C29H33Cl2N3O5S/c1-20(28(36)32-29(2,3)4)33(18-21-11-13-25(39-5)14-12-21)27(35)19-34(24-16-22(30)15-23(31)17-24)40(37,38)26-9-7-6-8-10-26/h6-17,20H,18-19H2,1-5H3,(H,32,36). The first-order valence-electron chi connectivity index (χ1n) is 12.5. The SMILES string of the molecule is COc1ccc(CN(C(=O)CN(c2cc(Cl)cc(Cl)c2)S(=O)(=O)c2ccccc2)C(C)C(=O)NC(C)(C)C)cc1. The number of hydrogen-bond acceptors (Lipinski definition) is 5. The van der Waals surface area contributed by atoms with Crippen LogP contribution in [0.1, 0.15) is 33.3 Å². The van der Waals surface area contributed by atoms with E-state index in [9.17, 15) is 18.0 Å². The minimum atomic E-state index is -4.22. The molecule has 40 heavy (non-hydrogen) atoms. The quantitative estimate of drug-likeness (QED) is 0.328. The summed E-state index contributed by atoms with van der Waals surface area (Å²) in [5, 5.41) is 3.30. The number of anilines is 1. The fourth-order valence-electron chi connectivity index (χ4n) is 3.92. The van der Waals surface area contributed by atoms with E-state index in [1.807, 2.05) is 20.8 Å². The molecule has 0 saturated carbocycles. The number of carbonyl (C=O) groups excluding carboxylic acids is 2. The lowest BCUT2D eigenvalue weighted by Gasteiger charge is -2.33. The molecular weight excluding hydrogens is 573 g/mol. The van der Waals surface area contributed by atoms with E-state index < -0.39 is 34.1 Å². The van der Waals surface area contributed by atoms with E-state index in [1.54, 1.807) is 56.5 Å². The molecule has 3 rings (SSSR count). The Hall–Kier alpha value is -3.27. The Morgan fingerprint density at radius 3 is 2.05 bits per heavy atom. The third-order valence-corrected chi connectivity index (χ3v) is 8.15. The third kappa shape index (κ3) is 8.13. The first kappa shape index (κ1) is 31.3. The first-order valence-corrected chi connectivity index (χ1v) is 14.7. The zero-order chi connectivity index (χ0) is 29.7. The summed E-state index contributed by atoms with van der Waals surface area (Å²) in [6.07, 6.45) is 0. The van der Waals surface area contributed by atoms with Crippen molar-refractivity contribution in [2.24, 2.45) is 0 Å². The van der Waals surface area contributed by atoms with Gasteiger partial charge in [-0.15, -0.1) is 0 Å². The van der Waals surface area contributed by atoms with Crippen LogP contribution >= 0.6 is 23.2 Å². The van der Waals surface area contributed by atoms with Crippen LogP contribution in [0.15, 0.2) is 77.7 Å². The van der Waals surface area contributed by atoms with E-state index in [4.69, 9.17) is 27.9 Å². The highest BCUT2D eigenvalue weighted by atomic mass is 35.5. The molecule has 214 valence electrons. The van der Waals surface area contributed by atoms with Crippen molar-refractivity contribution in [1.29, 1.82) is 0 Å². The van der Waals surface area contributed by atoms with Crippen molar-refractivity contribution >= 4 is 50.7 Å². The number of nitrogens with one attached hydrogen (secondary N) is 1. The number of methoxy groups -OCH3 is 1. The zero-order valence-electron chi connectivity index (χ0n) is 23.0. The molecule has 0 radical (unpaired) electrons. The molecular formula is C29H33Cl2N3O5S. The van der Waals surface area contributed by atoms with Crippen molar-refractivity contribution < 1.29 is 22.7 Å². The van der Waals surface area contributed by atoms with Crippen LogP contribution < -0.4 is 14.4 Å². The van der Waals surface area contributed by atoms with Gasteiger partial charge in [0, 0.05) is 22.1 Å². The van der Waals surface area contributed by atoms with Crippen LogP contribution in [0.5, 0.6) is 5.75 Å². The average molecular weight is 607 g/mol. The van der Waals surface area contributed by atoms with Gasteiger partial charge in [-0.1, -0.05) is 53.5 Å². The monoisotopic (exact) mass is 605 g/mol. The molecule has 3 aromatic carbocycles. The molecule has 1 atom stereocenters. The molecule has 1 N–H and O–H groups in total. The van der Waals surface area contributed by atoms with E-state index in [0.29, 0.717) is 5.75 Å². The van der Waals surface area contributed by atoms with Crippen molar-refractivity contribution in [2.75, 3.05) is 18.0 Å². The van der Waals surface area contributed by atoms with Crippen molar-refractivity contribution in [3.05, 3.63) is 88.4 Å². The predicted molar refractivity (Wildman–Crippen MR) is 158 cm³/mol. The van der Waals surface area contributed by atoms with Crippen LogP contribution in [-0.4, -0.2) is 50.4 Å². The second-order valence-corrected chi connectivity index (χ2v) is 13.0. The number of hydrogen-bond donors (Lipinski definition) is 1. The van der Waals surface area contributed by atoms with Gasteiger partial charge in [0.2, 0.25) is 11.8 Å². The summed E-state index contributed by atoms with van der Waals surface area (Å²) < 4.78 is 33.8. The van der Waals surface area contributed by atoms with E-state index >= 15 is 0 Å². The number of ether oxygens (including phenoxy) is 1. The number of amides is 2. The van der Waals surface area contributed by atoms with Crippen molar-refractivity contribution in [2.45, 2.75) is 50.7 Å². The van der Waals surface area contributed by atoms with Gasteiger partial charge in [-0.3, -0.25) is 13.9 Å². The summed E-state index contributed by atoms with van der Waals surface area (Å²) in [6.45, 7) is 6.57. The van der Waals surface area contributed by atoms with Gasteiger partial charge in [0.25, 0.3) is 10.0 Å². The molecule has 0 saturated heterocycles. The smallest absolute Gasteiger partial charge is 0.264 e. The number of benzene rings is 3. The molecule has 1 unspecified atom stereocenters. The minimum absolute atomic E-state index is 0.0147. The molecule has 0 aromatic heterocycles. The van der Waals surface area contributed by atoms with E-state index in [2.05, 4.69) is 5.32 Å². The van der Waals surface area contributed by atoms with Crippen molar-refractivity contribution in [3.63, 3.8) is 0 Å². The maximum atomic E-state index is 14.0. The largest absolute Gasteiger partial charge is 0.497 e. The summed E-state index contributed by atoms with van der Waals surface area (Å²) in [6, 6.07) is 18.2. The highest BCUT2D eigenvalue weighted by Crippen LogP contribution is 2.30. The number of sulfonamides is 1. The molecule has 0 bridgehead atoms. The Kier molecular flexibility index (Phi) is 10.1.